The van der Waals surface area contributed by atoms with Crippen LogP contribution in [-0.2, 0) is 6.61 Å². The number of rotatable bonds is 3. The second-order valence-electron chi connectivity index (χ2n) is 5.58. The van der Waals surface area contributed by atoms with Crippen molar-refractivity contribution in [2.75, 3.05) is 0 Å². The van der Waals surface area contributed by atoms with Gasteiger partial charge in [0.05, 0.1) is 12.7 Å². The van der Waals surface area contributed by atoms with Crippen LogP contribution in [0.3, 0.4) is 0 Å². The molecule has 19 heavy (non-hydrogen) atoms. The lowest BCUT2D eigenvalue weighted by Gasteiger charge is -2.24. The number of hydrogen-bond donors (Lipinski definition) is 2. The first kappa shape index (κ1) is 14.4. The van der Waals surface area contributed by atoms with Crippen molar-refractivity contribution in [3.63, 3.8) is 0 Å². The summed E-state index contributed by atoms with van der Waals surface area (Å²) >= 11 is 0. The summed E-state index contributed by atoms with van der Waals surface area (Å²) in [7, 11) is 0. The van der Waals surface area contributed by atoms with Crippen LogP contribution in [0.5, 0.6) is 5.75 Å². The molecule has 1 aliphatic rings. The molecule has 3 nitrogen and oxygen atoms in total. The third-order valence-corrected chi connectivity index (χ3v) is 3.89. The van der Waals surface area contributed by atoms with Crippen LogP contribution in [0.1, 0.15) is 48.8 Å². The van der Waals surface area contributed by atoms with E-state index in [0.717, 1.165) is 48.1 Å². The topological polar surface area (TPSA) is 49.7 Å². The van der Waals surface area contributed by atoms with Crippen molar-refractivity contribution in [3.05, 3.63) is 28.8 Å². The Kier molecular flexibility index (Phi) is 4.83. The molecule has 3 heteroatoms. The molecule has 0 aliphatic heterocycles. The van der Waals surface area contributed by atoms with Gasteiger partial charge in [-0.15, -0.1) is 0 Å². The lowest BCUT2D eigenvalue weighted by Crippen LogP contribution is -2.31. The molecule has 0 saturated heterocycles. The SMILES string of the molecule is Cc1cc(CO)cc(C)c1OC1CCCCCC1O. The van der Waals surface area contributed by atoms with Crippen molar-refractivity contribution in [2.24, 2.45) is 0 Å². The van der Waals surface area contributed by atoms with Crippen LogP contribution >= 0.6 is 0 Å². The summed E-state index contributed by atoms with van der Waals surface area (Å²) in [5.41, 5.74) is 2.96. The summed E-state index contributed by atoms with van der Waals surface area (Å²) < 4.78 is 6.08. The summed E-state index contributed by atoms with van der Waals surface area (Å²) in [6.45, 7) is 4.03. The Balaban J connectivity index is 2.17. The molecule has 1 saturated carbocycles. The Hall–Kier alpha value is -1.06. The minimum atomic E-state index is -0.362. The largest absolute Gasteiger partial charge is 0.487 e. The van der Waals surface area contributed by atoms with Gasteiger partial charge in [0.2, 0.25) is 0 Å². The van der Waals surface area contributed by atoms with Gasteiger partial charge in [-0.25, -0.2) is 0 Å². The zero-order chi connectivity index (χ0) is 13.8. The average molecular weight is 264 g/mol. The van der Waals surface area contributed by atoms with Gasteiger partial charge in [-0.3, -0.25) is 0 Å². The second-order valence-corrected chi connectivity index (χ2v) is 5.58. The van der Waals surface area contributed by atoms with Crippen LogP contribution in [0.4, 0.5) is 0 Å². The molecular formula is C16H24O3. The summed E-state index contributed by atoms with van der Waals surface area (Å²) in [5.74, 6) is 0.864. The van der Waals surface area contributed by atoms with Gasteiger partial charge in [0.15, 0.2) is 0 Å². The minimum Gasteiger partial charge on any atom is -0.487 e. The van der Waals surface area contributed by atoms with E-state index in [1.165, 1.54) is 6.42 Å². The highest BCUT2D eigenvalue weighted by Gasteiger charge is 2.24. The van der Waals surface area contributed by atoms with E-state index in [0.29, 0.717) is 0 Å². The summed E-state index contributed by atoms with van der Waals surface area (Å²) in [6.07, 6.45) is 4.67. The lowest BCUT2D eigenvalue weighted by atomic mass is 10.0. The van der Waals surface area contributed by atoms with Crippen LogP contribution in [0.2, 0.25) is 0 Å². The van der Waals surface area contributed by atoms with E-state index in [9.17, 15) is 10.2 Å². The normalized spacial score (nSPS) is 24.0. The standard InChI is InChI=1S/C16H24O3/c1-11-8-13(10-17)9-12(2)16(11)19-15-7-5-3-4-6-14(15)18/h8-9,14-15,17-18H,3-7,10H2,1-2H3. The molecule has 0 aromatic heterocycles. The fraction of sp³-hybridized carbons (Fsp3) is 0.625. The van der Waals surface area contributed by atoms with Crippen LogP contribution in [-0.4, -0.2) is 22.4 Å². The van der Waals surface area contributed by atoms with E-state index in [1.54, 1.807) is 0 Å². The molecule has 1 fully saturated rings. The highest BCUT2D eigenvalue weighted by atomic mass is 16.5. The number of aliphatic hydroxyl groups excluding tert-OH is 2. The van der Waals surface area contributed by atoms with Crippen molar-refractivity contribution in [1.82, 2.24) is 0 Å². The van der Waals surface area contributed by atoms with Gasteiger partial charge in [0.1, 0.15) is 11.9 Å². The summed E-state index contributed by atoms with van der Waals surface area (Å²) in [6, 6.07) is 3.90. The molecule has 2 rings (SSSR count). The van der Waals surface area contributed by atoms with Gasteiger partial charge < -0.3 is 14.9 Å². The van der Waals surface area contributed by atoms with Crippen LogP contribution in [0.15, 0.2) is 12.1 Å². The van der Waals surface area contributed by atoms with Gasteiger partial charge in [-0.05, 0) is 49.8 Å². The lowest BCUT2D eigenvalue weighted by molar-refractivity contribution is 0.0312. The van der Waals surface area contributed by atoms with Crippen molar-refractivity contribution < 1.29 is 14.9 Å². The first-order valence-electron chi connectivity index (χ1n) is 7.17. The molecule has 2 unspecified atom stereocenters. The molecule has 2 atom stereocenters. The Labute approximate surface area is 115 Å². The van der Waals surface area contributed by atoms with Gasteiger partial charge in [-0.1, -0.05) is 25.0 Å². The predicted octanol–water partition coefficient (Wildman–Crippen LogP) is 2.87. The number of ether oxygens (including phenoxy) is 1. The average Bonchev–Trinajstić information content (AvgIpc) is 2.58. The van der Waals surface area contributed by atoms with E-state index < -0.39 is 0 Å². The van der Waals surface area contributed by atoms with Gasteiger partial charge >= 0.3 is 0 Å². The Morgan fingerprint density at radius 2 is 1.74 bits per heavy atom. The van der Waals surface area contributed by atoms with E-state index in [2.05, 4.69) is 0 Å². The van der Waals surface area contributed by atoms with Crippen molar-refractivity contribution in [2.45, 2.75) is 64.8 Å². The zero-order valence-corrected chi connectivity index (χ0v) is 11.9. The molecule has 0 heterocycles. The molecule has 1 aromatic rings. The van der Waals surface area contributed by atoms with E-state index in [1.807, 2.05) is 26.0 Å². The third-order valence-electron chi connectivity index (χ3n) is 3.89. The minimum absolute atomic E-state index is 0.0496. The molecule has 1 aromatic carbocycles. The van der Waals surface area contributed by atoms with Gasteiger partial charge in [0, 0.05) is 0 Å². The highest BCUT2D eigenvalue weighted by molar-refractivity contribution is 5.43. The fourth-order valence-electron chi connectivity index (χ4n) is 2.86. The molecule has 0 amide bonds. The van der Waals surface area contributed by atoms with E-state index in [-0.39, 0.29) is 18.8 Å². The maximum Gasteiger partial charge on any atom is 0.125 e. The fourth-order valence-corrected chi connectivity index (χ4v) is 2.86. The first-order valence-corrected chi connectivity index (χ1v) is 7.17. The van der Waals surface area contributed by atoms with Crippen molar-refractivity contribution >= 4 is 0 Å². The predicted molar refractivity (Wildman–Crippen MR) is 75.3 cm³/mol. The van der Waals surface area contributed by atoms with Crippen LogP contribution in [0, 0.1) is 13.8 Å². The maximum atomic E-state index is 10.1. The first-order chi connectivity index (χ1) is 9.11. The van der Waals surface area contributed by atoms with Crippen molar-refractivity contribution in [3.8, 4) is 5.75 Å². The Bertz CT molecular complexity index is 405. The number of aliphatic hydroxyl groups is 2. The molecule has 106 valence electrons. The zero-order valence-electron chi connectivity index (χ0n) is 11.9. The van der Waals surface area contributed by atoms with Crippen molar-refractivity contribution in [1.29, 1.82) is 0 Å². The molecule has 2 N–H and O–H groups in total. The second kappa shape index (κ2) is 6.40. The summed E-state index contributed by atoms with van der Waals surface area (Å²) in [4.78, 5) is 0. The van der Waals surface area contributed by atoms with Gasteiger partial charge in [0.25, 0.3) is 0 Å². The van der Waals surface area contributed by atoms with Crippen LogP contribution in [0.25, 0.3) is 0 Å². The number of benzene rings is 1. The smallest absolute Gasteiger partial charge is 0.125 e. The Morgan fingerprint density at radius 3 is 2.37 bits per heavy atom. The Morgan fingerprint density at radius 1 is 1.11 bits per heavy atom. The number of aryl methyl sites for hydroxylation is 2. The monoisotopic (exact) mass is 264 g/mol. The molecule has 0 bridgehead atoms. The highest BCUT2D eigenvalue weighted by Crippen LogP contribution is 2.29. The van der Waals surface area contributed by atoms with Gasteiger partial charge in [-0.2, -0.15) is 0 Å². The molecular weight excluding hydrogens is 240 g/mol. The summed E-state index contributed by atoms with van der Waals surface area (Å²) in [5, 5.41) is 19.3. The molecule has 0 spiro atoms. The molecule has 0 radical (unpaired) electrons. The van der Waals surface area contributed by atoms with Crippen LogP contribution < -0.4 is 4.74 Å². The quantitative estimate of drug-likeness (QED) is 0.825. The van der Waals surface area contributed by atoms with E-state index >= 15 is 0 Å². The maximum absolute atomic E-state index is 10.1. The third kappa shape index (κ3) is 3.48. The number of hydrogen-bond acceptors (Lipinski definition) is 3. The van der Waals surface area contributed by atoms with E-state index in [4.69, 9.17) is 4.74 Å². The molecule has 1 aliphatic carbocycles.